The Morgan fingerprint density at radius 2 is 0.800 bits per heavy atom. The molecule has 0 aromatic carbocycles. The van der Waals surface area contributed by atoms with Crippen molar-refractivity contribution in [3.05, 3.63) is 36.5 Å². The van der Waals surface area contributed by atoms with Gasteiger partial charge in [0.2, 0.25) is 5.91 Å². The van der Waals surface area contributed by atoms with Crippen LogP contribution < -0.4 is 5.32 Å². The van der Waals surface area contributed by atoms with Crippen LogP contribution in [0.4, 0.5) is 0 Å². The lowest BCUT2D eigenvalue weighted by atomic mass is 9.96. The van der Waals surface area contributed by atoms with Crippen molar-refractivity contribution in [2.24, 2.45) is 0 Å². The van der Waals surface area contributed by atoms with Crippen LogP contribution >= 0.6 is 0 Å². The summed E-state index contributed by atoms with van der Waals surface area (Å²) in [5.74, 6) is -0.288. The summed E-state index contributed by atoms with van der Waals surface area (Å²) in [6.45, 7) is 1.70. The highest BCUT2D eigenvalue weighted by Crippen LogP contribution is 2.33. The molecule has 3 rings (SSSR count). The number of aliphatic hydroxyl groups excluding tert-OH is 11. The molecular weight excluding hydrogens is 1030 g/mol. The summed E-state index contributed by atoms with van der Waals surface area (Å²) in [6, 6.07) is -0.993. The third kappa shape index (κ3) is 27.8. The summed E-state index contributed by atoms with van der Waals surface area (Å²) in [4.78, 5) is 13.3. The first-order chi connectivity index (χ1) is 38.8. The molecule has 1 amide bonds. The zero-order valence-corrected chi connectivity index (χ0v) is 48.8. The number of aliphatic hydroxyl groups is 11. The second-order valence-electron chi connectivity index (χ2n) is 22.5. The van der Waals surface area contributed by atoms with E-state index in [4.69, 9.17) is 28.4 Å². The fourth-order valence-corrected chi connectivity index (χ4v) is 10.5. The number of hydrogen-bond acceptors (Lipinski definition) is 18. The Labute approximate surface area is 479 Å². The normalized spacial score (nSPS) is 30.2. The Kier molecular flexibility index (Phi) is 40.2. The van der Waals surface area contributed by atoms with E-state index in [-0.39, 0.29) is 18.9 Å². The van der Waals surface area contributed by atoms with Crippen LogP contribution in [0, 0.1) is 0 Å². The van der Waals surface area contributed by atoms with E-state index in [2.05, 4.69) is 43.5 Å². The molecule has 0 aliphatic carbocycles. The highest BCUT2D eigenvalue weighted by molar-refractivity contribution is 5.76. The van der Waals surface area contributed by atoms with Crippen molar-refractivity contribution in [1.29, 1.82) is 0 Å². The number of carbonyl (C=O) groups is 1. The Bertz CT molecular complexity index is 1600. The van der Waals surface area contributed by atoms with Crippen LogP contribution in [-0.4, -0.2) is 193 Å². The zero-order valence-electron chi connectivity index (χ0n) is 48.8. The molecule has 3 heterocycles. The van der Waals surface area contributed by atoms with Crippen molar-refractivity contribution in [2.75, 3.05) is 26.4 Å². The van der Waals surface area contributed by atoms with Crippen LogP contribution in [0.2, 0.25) is 0 Å². The quantitative estimate of drug-likeness (QED) is 0.0242. The maximum absolute atomic E-state index is 13.3. The smallest absolute Gasteiger partial charge is 0.220 e. The van der Waals surface area contributed by atoms with Crippen molar-refractivity contribution in [3.8, 4) is 0 Å². The Morgan fingerprint density at radius 1 is 0.438 bits per heavy atom. The highest BCUT2D eigenvalue weighted by Gasteiger charge is 2.53. The minimum Gasteiger partial charge on any atom is -0.394 e. The second kappa shape index (κ2) is 44.5. The van der Waals surface area contributed by atoms with Gasteiger partial charge in [-0.1, -0.05) is 198 Å². The van der Waals surface area contributed by atoms with Crippen LogP contribution in [0.5, 0.6) is 0 Å². The molecule has 17 unspecified atom stereocenters. The lowest BCUT2D eigenvalue weighted by Crippen LogP contribution is -2.66. The largest absolute Gasteiger partial charge is 0.394 e. The molecule has 0 radical (unpaired) electrons. The molecule has 0 bridgehead atoms. The number of amides is 1. The maximum Gasteiger partial charge on any atom is 0.220 e. The molecule has 12 N–H and O–H groups in total. The van der Waals surface area contributed by atoms with Gasteiger partial charge in [-0.15, -0.1) is 0 Å². The topological polar surface area (TPSA) is 307 Å². The standard InChI is InChI=1S/C61H111NO18/c1-3-5-7-9-11-13-15-17-19-21-22-23-24-26-28-30-32-34-36-38-45(66)44(62-49(67)39-37-35-33-31-29-27-25-20-18-16-14-12-10-8-6-4-2)43-75-59-55(73)52(70)57(47(41-64)77-59)80-61-56(74)53(71)58(48(42-65)78-61)79-60-54(72)51(69)50(68)46(40-63)76-60/h22-23,28,30,36,38,44-48,50-61,63-66,68-74H,3-21,24-27,29,31-35,37,39-43H2,1-2H3,(H,62,67)/b23-22+,30-28+,38-36+. The van der Waals surface area contributed by atoms with Crippen LogP contribution in [0.1, 0.15) is 213 Å². The molecule has 3 saturated heterocycles. The predicted octanol–water partition coefficient (Wildman–Crippen LogP) is 6.10. The Balaban J connectivity index is 1.51. The molecule has 3 aliphatic rings. The van der Waals surface area contributed by atoms with Crippen LogP contribution in [-0.2, 0) is 33.2 Å². The first-order valence-corrected chi connectivity index (χ1v) is 31.2. The van der Waals surface area contributed by atoms with E-state index in [0.29, 0.717) is 12.8 Å². The maximum atomic E-state index is 13.3. The van der Waals surface area contributed by atoms with Crippen molar-refractivity contribution >= 4 is 5.91 Å². The van der Waals surface area contributed by atoms with Crippen LogP contribution in [0.3, 0.4) is 0 Å². The Morgan fingerprint density at radius 3 is 1.25 bits per heavy atom. The number of rotatable bonds is 46. The van der Waals surface area contributed by atoms with E-state index >= 15 is 0 Å². The summed E-state index contributed by atoms with van der Waals surface area (Å²) >= 11 is 0. The van der Waals surface area contributed by atoms with E-state index in [0.717, 1.165) is 44.9 Å². The minimum absolute atomic E-state index is 0.235. The van der Waals surface area contributed by atoms with Crippen LogP contribution in [0.25, 0.3) is 0 Å². The second-order valence-corrected chi connectivity index (χ2v) is 22.5. The molecule has 19 nitrogen and oxygen atoms in total. The van der Waals surface area contributed by atoms with Gasteiger partial charge in [-0.3, -0.25) is 4.79 Å². The van der Waals surface area contributed by atoms with Gasteiger partial charge in [-0.2, -0.15) is 0 Å². The zero-order chi connectivity index (χ0) is 58.3. The first-order valence-electron chi connectivity index (χ1n) is 31.2. The summed E-state index contributed by atoms with van der Waals surface area (Å²) in [7, 11) is 0. The van der Waals surface area contributed by atoms with Gasteiger partial charge in [0.15, 0.2) is 18.9 Å². The number of unbranched alkanes of at least 4 members (excludes halogenated alkanes) is 26. The van der Waals surface area contributed by atoms with Gasteiger partial charge in [-0.25, -0.2) is 0 Å². The van der Waals surface area contributed by atoms with Crippen LogP contribution in [0.15, 0.2) is 36.5 Å². The van der Waals surface area contributed by atoms with Gasteiger partial charge < -0.3 is 89.9 Å². The molecule has 17 atom stereocenters. The third-order valence-electron chi connectivity index (χ3n) is 15.7. The molecule has 3 aliphatic heterocycles. The number of nitrogens with one attached hydrogen (secondary N) is 1. The average molecular weight is 1150 g/mol. The highest BCUT2D eigenvalue weighted by atomic mass is 16.8. The molecule has 0 spiro atoms. The number of carbonyl (C=O) groups excluding carboxylic acids is 1. The van der Waals surface area contributed by atoms with Gasteiger partial charge in [0, 0.05) is 6.42 Å². The fraction of sp³-hybridized carbons (Fsp3) is 0.885. The average Bonchev–Trinajstić information content (AvgIpc) is 3.50. The van der Waals surface area contributed by atoms with Crippen molar-refractivity contribution < 1.29 is 89.4 Å². The Hall–Kier alpha value is -1.99. The summed E-state index contributed by atoms with van der Waals surface area (Å²) in [5.41, 5.74) is 0. The van der Waals surface area contributed by atoms with E-state index in [1.807, 2.05) is 6.08 Å². The summed E-state index contributed by atoms with van der Waals surface area (Å²) < 4.78 is 34.2. The lowest BCUT2D eigenvalue weighted by Gasteiger charge is -2.48. The van der Waals surface area contributed by atoms with Crippen molar-refractivity contribution in [2.45, 2.75) is 317 Å². The van der Waals surface area contributed by atoms with Crippen molar-refractivity contribution in [1.82, 2.24) is 5.32 Å². The van der Waals surface area contributed by atoms with E-state index in [1.165, 1.54) is 135 Å². The summed E-state index contributed by atoms with van der Waals surface area (Å²) in [6.07, 6.45) is 21.2. The fourth-order valence-electron chi connectivity index (χ4n) is 10.5. The van der Waals surface area contributed by atoms with Gasteiger partial charge in [0.05, 0.1) is 38.6 Å². The summed E-state index contributed by atoms with van der Waals surface area (Å²) in [5, 5.41) is 120. The number of allylic oxidation sites excluding steroid dienone is 5. The molecule has 3 fully saturated rings. The molecule has 0 aromatic heterocycles. The van der Waals surface area contributed by atoms with Gasteiger partial charge in [0.1, 0.15) is 73.2 Å². The van der Waals surface area contributed by atoms with Gasteiger partial charge in [0.25, 0.3) is 0 Å². The minimum atomic E-state index is -1.98. The van der Waals surface area contributed by atoms with E-state index in [1.54, 1.807) is 6.08 Å². The monoisotopic (exact) mass is 1150 g/mol. The predicted molar refractivity (Wildman–Crippen MR) is 305 cm³/mol. The molecule has 19 heteroatoms. The third-order valence-corrected chi connectivity index (χ3v) is 15.7. The number of hydrogen-bond donors (Lipinski definition) is 12. The molecule has 468 valence electrons. The molecular formula is C61H111NO18. The van der Waals surface area contributed by atoms with E-state index < -0.39 is 124 Å². The number of ether oxygens (including phenoxy) is 6. The first kappa shape index (κ1) is 72.3. The lowest BCUT2D eigenvalue weighted by molar-refractivity contribution is -0.379. The van der Waals surface area contributed by atoms with E-state index in [9.17, 15) is 61.0 Å². The molecule has 0 saturated carbocycles. The molecule has 0 aromatic rings. The van der Waals surface area contributed by atoms with Gasteiger partial charge in [-0.05, 0) is 44.9 Å². The molecule has 80 heavy (non-hydrogen) atoms. The van der Waals surface area contributed by atoms with Gasteiger partial charge >= 0.3 is 0 Å². The van der Waals surface area contributed by atoms with Crippen molar-refractivity contribution in [3.63, 3.8) is 0 Å². The SMILES string of the molecule is CCCCCCCCCCC/C=C/CC/C=C/CC/C=C/C(O)C(COC1OC(CO)C(OC2OC(CO)C(OC3OC(CO)C(O)C(O)C3O)C(O)C2O)C(O)C1O)NC(=O)CCCCCCCCCCCCCCCCCC.